The van der Waals surface area contributed by atoms with E-state index in [-0.39, 0.29) is 30.7 Å². The number of aromatic nitrogens is 1. The molecule has 1 amide bonds. The van der Waals surface area contributed by atoms with Gasteiger partial charge in [-0.1, -0.05) is 30.3 Å². The zero-order valence-electron chi connectivity index (χ0n) is 15.2. The van der Waals surface area contributed by atoms with Crippen LogP contribution in [0.3, 0.4) is 0 Å². The number of thiazole rings is 1. The van der Waals surface area contributed by atoms with Gasteiger partial charge in [-0.2, -0.15) is 0 Å². The van der Waals surface area contributed by atoms with Crippen molar-refractivity contribution in [2.75, 3.05) is 26.7 Å². The van der Waals surface area contributed by atoms with Gasteiger partial charge in [0.1, 0.15) is 4.88 Å². The Morgan fingerprint density at radius 3 is 2.50 bits per heavy atom. The van der Waals surface area contributed by atoms with E-state index < -0.39 is 0 Å². The van der Waals surface area contributed by atoms with Crippen molar-refractivity contribution < 1.29 is 4.79 Å². The van der Waals surface area contributed by atoms with E-state index in [9.17, 15) is 4.79 Å². The molecular weight excluding hydrogens is 389 g/mol. The minimum Gasteiger partial charge on any atom is -0.338 e. The maximum atomic E-state index is 13.0. The molecule has 1 aliphatic rings. The van der Waals surface area contributed by atoms with Crippen molar-refractivity contribution >= 4 is 42.1 Å². The fraction of sp³-hybridized carbons (Fsp3) is 0.474. The number of piperidine rings is 1. The maximum Gasteiger partial charge on any atom is 0.266 e. The minimum absolute atomic E-state index is 0. The quantitative estimate of drug-likeness (QED) is 0.785. The Labute approximate surface area is 172 Å². The van der Waals surface area contributed by atoms with Gasteiger partial charge in [-0.15, -0.1) is 36.2 Å². The second-order valence-corrected chi connectivity index (χ2v) is 7.61. The van der Waals surface area contributed by atoms with E-state index in [0.717, 1.165) is 59.5 Å². The minimum atomic E-state index is 0. The van der Waals surface area contributed by atoms with E-state index in [0.29, 0.717) is 0 Å². The number of carbonyl (C=O) groups excluding carboxylic acids is 1. The number of halogens is 2. The zero-order valence-corrected chi connectivity index (χ0v) is 17.7. The third-order valence-electron chi connectivity index (χ3n) is 4.68. The summed E-state index contributed by atoms with van der Waals surface area (Å²) in [6.07, 6.45) is 3.41. The number of aryl methyl sites for hydroxylation is 1. The predicted octanol–water partition coefficient (Wildman–Crippen LogP) is 4.42. The molecule has 0 aliphatic carbocycles. The molecule has 26 heavy (non-hydrogen) atoms. The molecule has 0 spiro atoms. The first-order valence-corrected chi connectivity index (χ1v) is 9.47. The largest absolute Gasteiger partial charge is 0.338 e. The third kappa shape index (κ3) is 5.43. The van der Waals surface area contributed by atoms with E-state index in [1.807, 2.05) is 49.2 Å². The van der Waals surface area contributed by atoms with Crippen molar-refractivity contribution in [1.29, 1.82) is 0 Å². The Balaban J connectivity index is 0.00000169. The highest BCUT2D eigenvalue weighted by Crippen LogP contribution is 2.30. The monoisotopic (exact) mass is 415 g/mol. The lowest BCUT2D eigenvalue weighted by molar-refractivity contribution is 0.0692. The molecule has 0 saturated carbocycles. The van der Waals surface area contributed by atoms with E-state index in [4.69, 9.17) is 0 Å². The van der Waals surface area contributed by atoms with Crippen molar-refractivity contribution in [3.63, 3.8) is 0 Å². The summed E-state index contributed by atoms with van der Waals surface area (Å²) in [4.78, 5) is 20.4. The topological polar surface area (TPSA) is 45.2 Å². The van der Waals surface area contributed by atoms with Crippen molar-refractivity contribution in [1.82, 2.24) is 15.2 Å². The van der Waals surface area contributed by atoms with Gasteiger partial charge in [-0.3, -0.25) is 4.79 Å². The van der Waals surface area contributed by atoms with Crippen LogP contribution in [-0.4, -0.2) is 42.5 Å². The Kier molecular flexibility index (Phi) is 9.58. The summed E-state index contributed by atoms with van der Waals surface area (Å²) in [5.41, 5.74) is 1.86. The van der Waals surface area contributed by atoms with Crippen molar-refractivity contribution in [2.24, 2.45) is 5.92 Å². The number of nitrogens with one attached hydrogen (secondary N) is 1. The molecule has 0 radical (unpaired) electrons. The van der Waals surface area contributed by atoms with Crippen LogP contribution >= 0.6 is 36.2 Å². The van der Waals surface area contributed by atoms with Crippen LogP contribution in [0.1, 0.15) is 33.9 Å². The highest BCUT2D eigenvalue weighted by molar-refractivity contribution is 7.14. The van der Waals surface area contributed by atoms with Gasteiger partial charge in [-0.05, 0) is 45.7 Å². The van der Waals surface area contributed by atoms with Gasteiger partial charge in [-0.25, -0.2) is 4.98 Å². The van der Waals surface area contributed by atoms with Crippen molar-refractivity contribution in [2.45, 2.75) is 26.2 Å². The lowest BCUT2D eigenvalue weighted by Gasteiger charge is -2.32. The average Bonchev–Trinajstić information content (AvgIpc) is 3.02. The normalized spacial score (nSPS) is 14.5. The molecule has 1 saturated heterocycles. The molecule has 0 atom stereocenters. The number of hydrogen-bond acceptors (Lipinski definition) is 4. The third-order valence-corrected chi connectivity index (χ3v) is 5.64. The molecule has 4 nitrogen and oxygen atoms in total. The first-order chi connectivity index (χ1) is 11.7. The molecule has 144 valence electrons. The number of benzene rings is 1. The van der Waals surface area contributed by atoms with Crippen LogP contribution in [0.2, 0.25) is 0 Å². The summed E-state index contributed by atoms with van der Waals surface area (Å²) in [6.45, 7) is 4.75. The van der Waals surface area contributed by atoms with Crippen LogP contribution in [0.15, 0.2) is 30.3 Å². The van der Waals surface area contributed by atoms with Crippen LogP contribution in [0.4, 0.5) is 0 Å². The number of rotatable bonds is 5. The first-order valence-electron chi connectivity index (χ1n) is 8.65. The predicted molar refractivity (Wildman–Crippen MR) is 114 cm³/mol. The van der Waals surface area contributed by atoms with E-state index in [2.05, 4.69) is 10.3 Å². The standard InChI is InChI=1S/C19H25N3OS.2ClH/c1-14-21-17(16-6-4-3-5-7-16)18(24-14)19(23)22-12-9-15(10-13-22)8-11-20-2;;/h3-7,15,20H,8-13H2,1-2H3;2*1H. The van der Waals surface area contributed by atoms with Gasteiger partial charge < -0.3 is 10.2 Å². The van der Waals surface area contributed by atoms with Gasteiger partial charge in [0.25, 0.3) is 5.91 Å². The van der Waals surface area contributed by atoms with Crippen LogP contribution in [0.25, 0.3) is 11.3 Å². The highest BCUT2D eigenvalue weighted by Gasteiger charge is 2.27. The highest BCUT2D eigenvalue weighted by atomic mass is 35.5. The fourth-order valence-electron chi connectivity index (χ4n) is 3.28. The fourth-order valence-corrected chi connectivity index (χ4v) is 4.19. The number of hydrogen-bond donors (Lipinski definition) is 1. The number of nitrogens with zero attached hydrogens (tertiary/aromatic N) is 2. The van der Waals surface area contributed by atoms with Crippen LogP contribution in [0.5, 0.6) is 0 Å². The molecule has 1 fully saturated rings. The van der Waals surface area contributed by atoms with Gasteiger partial charge in [0, 0.05) is 18.7 Å². The number of amides is 1. The van der Waals surface area contributed by atoms with Crippen molar-refractivity contribution in [3.8, 4) is 11.3 Å². The number of likely N-dealkylation sites (tertiary alicyclic amines) is 1. The molecule has 1 aliphatic heterocycles. The Morgan fingerprint density at radius 2 is 1.88 bits per heavy atom. The van der Waals surface area contributed by atoms with E-state index in [1.54, 1.807) is 0 Å². The van der Waals surface area contributed by atoms with Gasteiger partial charge in [0.05, 0.1) is 10.7 Å². The SMILES string of the molecule is CNCCC1CCN(C(=O)c2sc(C)nc2-c2ccccc2)CC1.Cl.Cl. The average molecular weight is 416 g/mol. The molecule has 1 aromatic carbocycles. The molecule has 0 bridgehead atoms. The molecular formula is C19H27Cl2N3OS. The van der Waals surface area contributed by atoms with Crippen LogP contribution in [-0.2, 0) is 0 Å². The van der Waals surface area contributed by atoms with Gasteiger partial charge in [0.2, 0.25) is 0 Å². The van der Waals surface area contributed by atoms with Crippen LogP contribution < -0.4 is 5.32 Å². The summed E-state index contributed by atoms with van der Waals surface area (Å²) < 4.78 is 0. The summed E-state index contributed by atoms with van der Waals surface area (Å²) in [7, 11) is 2.00. The van der Waals surface area contributed by atoms with Gasteiger partial charge in [0.15, 0.2) is 0 Å². The second kappa shape index (κ2) is 10.9. The second-order valence-electron chi connectivity index (χ2n) is 6.40. The molecule has 2 heterocycles. The molecule has 3 rings (SSSR count). The first kappa shape index (κ1) is 22.9. The van der Waals surface area contributed by atoms with E-state index >= 15 is 0 Å². The Morgan fingerprint density at radius 1 is 1.23 bits per heavy atom. The lowest BCUT2D eigenvalue weighted by atomic mass is 9.93. The Hall–Kier alpha value is -1.14. The molecule has 1 N–H and O–H groups in total. The maximum absolute atomic E-state index is 13.0. The molecule has 2 aromatic rings. The smallest absolute Gasteiger partial charge is 0.266 e. The van der Waals surface area contributed by atoms with Crippen LogP contribution in [0, 0.1) is 12.8 Å². The summed E-state index contributed by atoms with van der Waals surface area (Å²) >= 11 is 1.51. The molecule has 0 unspecified atom stereocenters. The zero-order chi connectivity index (χ0) is 16.9. The summed E-state index contributed by atoms with van der Waals surface area (Å²) in [5, 5.41) is 4.16. The van der Waals surface area contributed by atoms with Crippen molar-refractivity contribution in [3.05, 3.63) is 40.2 Å². The van der Waals surface area contributed by atoms with Gasteiger partial charge >= 0.3 is 0 Å². The lowest BCUT2D eigenvalue weighted by Crippen LogP contribution is -2.38. The van der Waals surface area contributed by atoms with E-state index in [1.165, 1.54) is 17.8 Å². The number of carbonyl (C=O) groups is 1. The summed E-state index contributed by atoms with van der Waals surface area (Å²) in [5.74, 6) is 0.879. The molecule has 7 heteroatoms. The molecule has 1 aromatic heterocycles. The summed E-state index contributed by atoms with van der Waals surface area (Å²) in [6, 6.07) is 10.0. The Bertz CT molecular complexity index is 685.